The van der Waals surface area contributed by atoms with Crippen molar-refractivity contribution in [1.82, 2.24) is 14.5 Å². The Morgan fingerprint density at radius 3 is 2.31 bits per heavy atom. The Balaban J connectivity index is 1.91. The number of methoxy groups -OCH3 is 1. The summed E-state index contributed by atoms with van der Waals surface area (Å²) in [6.45, 7) is 2.90. The molecule has 0 bridgehead atoms. The average Bonchev–Trinajstić information content (AvgIpc) is 2.79. The SMILES string of the molecule is COc1cccc(-c2c(C)n(Cc3c(F)cccc3F)c(=O)n(C[C@H](C)NC3CCC3)c2=O)c1F. The Labute approximate surface area is 201 Å². The zero-order valence-electron chi connectivity index (χ0n) is 19.9. The molecule has 0 unspecified atom stereocenters. The van der Waals surface area contributed by atoms with Crippen LogP contribution in [-0.2, 0) is 13.1 Å². The highest BCUT2D eigenvalue weighted by Gasteiger charge is 2.25. The van der Waals surface area contributed by atoms with Crippen LogP contribution in [0.4, 0.5) is 13.2 Å². The Bertz CT molecular complexity index is 1340. The number of hydrogen-bond donors (Lipinski definition) is 1. The summed E-state index contributed by atoms with van der Waals surface area (Å²) in [6, 6.07) is 7.89. The molecule has 0 saturated heterocycles. The molecule has 0 amide bonds. The summed E-state index contributed by atoms with van der Waals surface area (Å²) in [4.78, 5) is 27.0. The molecule has 4 rings (SSSR count). The molecule has 1 saturated carbocycles. The van der Waals surface area contributed by atoms with Crippen LogP contribution in [0.25, 0.3) is 11.1 Å². The molecule has 1 atom stereocenters. The second kappa shape index (κ2) is 10.1. The monoisotopic (exact) mass is 487 g/mol. The molecular formula is C26H28F3N3O3. The zero-order valence-corrected chi connectivity index (χ0v) is 19.9. The third-order valence-electron chi connectivity index (χ3n) is 6.60. The molecule has 9 heteroatoms. The average molecular weight is 488 g/mol. The van der Waals surface area contributed by atoms with Gasteiger partial charge < -0.3 is 10.1 Å². The van der Waals surface area contributed by atoms with E-state index in [1.807, 2.05) is 6.92 Å². The van der Waals surface area contributed by atoms with Gasteiger partial charge in [0, 0.05) is 35.4 Å². The van der Waals surface area contributed by atoms with Gasteiger partial charge in [0.2, 0.25) is 0 Å². The largest absolute Gasteiger partial charge is 0.494 e. The fourth-order valence-corrected chi connectivity index (χ4v) is 4.46. The molecule has 0 aliphatic heterocycles. The fraction of sp³-hybridized carbons (Fsp3) is 0.385. The van der Waals surface area contributed by atoms with Crippen LogP contribution in [0.5, 0.6) is 5.75 Å². The summed E-state index contributed by atoms with van der Waals surface area (Å²) in [5.74, 6) is -2.46. The van der Waals surface area contributed by atoms with Crippen molar-refractivity contribution >= 4 is 0 Å². The molecule has 1 N–H and O–H groups in total. The quantitative estimate of drug-likeness (QED) is 0.522. The normalized spacial score (nSPS) is 14.6. The number of halogens is 3. The van der Waals surface area contributed by atoms with E-state index < -0.39 is 35.2 Å². The van der Waals surface area contributed by atoms with Crippen LogP contribution in [0.3, 0.4) is 0 Å². The molecule has 6 nitrogen and oxygen atoms in total. The first-order chi connectivity index (χ1) is 16.7. The number of nitrogens with one attached hydrogen (secondary N) is 1. The number of rotatable bonds is 8. The van der Waals surface area contributed by atoms with Gasteiger partial charge in [-0.1, -0.05) is 24.6 Å². The van der Waals surface area contributed by atoms with Crippen LogP contribution >= 0.6 is 0 Å². The predicted octanol–water partition coefficient (Wildman–Crippen LogP) is 3.99. The van der Waals surface area contributed by atoms with Crippen molar-refractivity contribution in [2.24, 2.45) is 0 Å². The second-order valence-electron chi connectivity index (χ2n) is 8.96. The van der Waals surface area contributed by atoms with Gasteiger partial charge in [0.25, 0.3) is 5.56 Å². The van der Waals surface area contributed by atoms with E-state index in [-0.39, 0.29) is 40.7 Å². The smallest absolute Gasteiger partial charge is 0.331 e. The molecule has 1 heterocycles. The number of nitrogens with zero attached hydrogens (tertiary/aromatic N) is 2. The van der Waals surface area contributed by atoms with Crippen LogP contribution in [0, 0.1) is 24.4 Å². The lowest BCUT2D eigenvalue weighted by Crippen LogP contribution is -2.49. The van der Waals surface area contributed by atoms with Crippen molar-refractivity contribution in [2.75, 3.05) is 7.11 Å². The van der Waals surface area contributed by atoms with Gasteiger partial charge in [-0.2, -0.15) is 0 Å². The summed E-state index contributed by atoms with van der Waals surface area (Å²) in [5, 5.41) is 3.39. The number of hydrogen-bond acceptors (Lipinski definition) is 4. The second-order valence-corrected chi connectivity index (χ2v) is 8.96. The molecule has 35 heavy (non-hydrogen) atoms. The first kappa shape index (κ1) is 24.8. The van der Waals surface area contributed by atoms with E-state index >= 15 is 4.39 Å². The van der Waals surface area contributed by atoms with E-state index in [1.165, 1.54) is 38.3 Å². The van der Waals surface area contributed by atoms with Crippen LogP contribution in [0.15, 0.2) is 46.0 Å². The van der Waals surface area contributed by atoms with Crippen molar-refractivity contribution in [3.05, 3.63) is 85.9 Å². The number of aromatic nitrogens is 2. The molecule has 3 aromatic rings. The summed E-state index contributed by atoms with van der Waals surface area (Å²) in [6.07, 6.45) is 3.16. The van der Waals surface area contributed by atoms with E-state index in [0.717, 1.165) is 40.5 Å². The van der Waals surface area contributed by atoms with Gasteiger partial charge in [0.15, 0.2) is 11.6 Å². The van der Waals surface area contributed by atoms with Gasteiger partial charge in [-0.15, -0.1) is 0 Å². The summed E-state index contributed by atoms with van der Waals surface area (Å²) >= 11 is 0. The van der Waals surface area contributed by atoms with Gasteiger partial charge in [-0.3, -0.25) is 13.9 Å². The van der Waals surface area contributed by atoms with Gasteiger partial charge >= 0.3 is 5.69 Å². The van der Waals surface area contributed by atoms with Crippen LogP contribution in [0.2, 0.25) is 0 Å². The highest BCUT2D eigenvalue weighted by atomic mass is 19.1. The minimum atomic E-state index is -0.817. The van der Waals surface area contributed by atoms with Crippen molar-refractivity contribution < 1.29 is 17.9 Å². The first-order valence-electron chi connectivity index (χ1n) is 11.6. The number of benzene rings is 2. The topological polar surface area (TPSA) is 65.3 Å². The molecule has 1 fully saturated rings. The Hall–Kier alpha value is -3.33. The third-order valence-corrected chi connectivity index (χ3v) is 6.60. The van der Waals surface area contributed by atoms with E-state index in [1.54, 1.807) is 0 Å². The molecule has 1 aliphatic rings. The van der Waals surface area contributed by atoms with Gasteiger partial charge in [0.1, 0.15) is 11.6 Å². The molecule has 186 valence electrons. The zero-order chi connectivity index (χ0) is 25.3. The minimum Gasteiger partial charge on any atom is -0.494 e. The number of ether oxygens (including phenoxy) is 1. The molecule has 1 aliphatic carbocycles. The lowest BCUT2D eigenvalue weighted by atomic mass is 9.92. The maximum Gasteiger partial charge on any atom is 0.331 e. The van der Waals surface area contributed by atoms with Crippen LogP contribution in [-0.4, -0.2) is 28.3 Å². The lowest BCUT2D eigenvalue weighted by Gasteiger charge is -2.30. The van der Waals surface area contributed by atoms with E-state index in [0.29, 0.717) is 6.04 Å². The molecular weight excluding hydrogens is 459 g/mol. The van der Waals surface area contributed by atoms with Crippen molar-refractivity contribution in [3.8, 4) is 16.9 Å². The maximum atomic E-state index is 15.2. The highest BCUT2D eigenvalue weighted by Crippen LogP contribution is 2.29. The fourth-order valence-electron chi connectivity index (χ4n) is 4.46. The highest BCUT2D eigenvalue weighted by molar-refractivity contribution is 5.67. The van der Waals surface area contributed by atoms with Crippen molar-refractivity contribution in [2.45, 2.75) is 58.3 Å². The molecule has 2 aromatic carbocycles. The van der Waals surface area contributed by atoms with Crippen LogP contribution < -0.4 is 21.3 Å². The summed E-state index contributed by atoms with van der Waals surface area (Å²) in [5.41, 5.74) is -1.72. The summed E-state index contributed by atoms with van der Waals surface area (Å²) < 4.78 is 51.3. The van der Waals surface area contributed by atoms with Gasteiger partial charge in [0.05, 0.1) is 19.2 Å². The van der Waals surface area contributed by atoms with Crippen LogP contribution in [0.1, 0.15) is 37.4 Å². The van der Waals surface area contributed by atoms with Crippen molar-refractivity contribution in [1.29, 1.82) is 0 Å². The van der Waals surface area contributed by atoms with E-state index in [2.05, 4.69) is 5.32 Å². The Kier molecular flexibility index (Phi) is 7.16. The van der Waals surface area contributed by atoms with Gasteiger partial charge in [-0.25, -0.2) is 18.0 Å². The summed E-state index contributed by atoms with van der Waals surface area (Å²) in [7, 11) is 1.31. The minimum absolute atomic E-state index is 0.0206. The molecule has 1 aromatic heterocycles. The van der Waals surface area contributed by atoms with Crippen molar-refractivity contribution in [3.63, 3.8) is 0 Å². The third kappa shape index (κ3) is 4.77. The van der Waals surface area contributed by atoms with E-state index in [9.17, 15) is 18.4 Å². The van der Waals surface area contributed by atoms with Gasteiger partial charge in [-0.05, 0) is 44.9 Å². The first-order valence-corrected chi connectivity index (χ1v) is 11.6. The standard InChI is InChI=1S/C26H28F3N3O3/c1-15(30-17-7-4-8-17)13-32-25(33)23(18-9-5-12-22(35-3)24(18)29)16(2)31(26(32)34)14-19-20(27)10-6-11-21(19)28/h5-6,9-12,15,17,30H,4,7-8,13-14H2,1-3H3/t15-/m0/s1. The molecule has 0 radical (unpaired) electrons. The Morgan fingerprint density at radius 1 is 1.06 bits per heavy atom. The Morgan fingerprint density at radius 2 is 1.71 bits per heavy atom. The predicted molar refractivity (Wildman–Crippen MR) is 127 cm³/mol. The maximum absolute atomic E-state index is 15.2. The molecule has 0 spiro atoms. The lowest BCUT2D eigenvalue weighted by molar-refractivity contribution is 0.294. The van der Waals surface area contributed by atoms with E-state index in [4.69, 9.17) is 4.74 Å².